The van der Waals surface area contributed by atoms with Crippen LogP contribution < -0.4 is 10.5 Å². The van der Waals surface area contributed by atoms with Gasteiger partial charge >= 0.3 is 0 Å². The lowest BCUT2D eigenvalue weighted by Crippen LogP contribution is -2.09. The van der Waals surface area contributed by atoms with E-state index in [4.69, 9.17) is 10.5 Å². The average molecular weight is 440 g/mol. The van der Waals surface area contributed by atoms with Crippen molar-refractivity contribution in [2.24, 2.45) is 0 Å². The number of ether oxygens (including phenoxy) is 1. The topological polar surface area (TPSA) is 53.1 Å². The van der Waals surface area contributed by atoms with Crippen molar-refractivity contribution >= 4 is 53.6 Å². The summed E-state index contributed by atoms with van der Waals surface area (Å²) in [6.07, 6.45) is 1.82. The highest BCUT2D eigenvalue weighted by Gasteiger charge is 2.08. The third-order valence-electron chi connectivity index (χ3n) is 2.19. The zero-order chi connectivity index (χ0) is 13.1. The standard InChI is InChI=1S/C11H10Br3N3O/c12-7-5-8(13)11(9(14)6-7)18-4-3-17-2-1-10(15)16-17/h1-2,5-6H,3-4H2,(H2,15,16). The van der Waals surface area contributed by atoms with Crippen molar-refractivity contribution in [2.75, 3.05) is 12.3 Å². The summed E-state index contributed by atoms with van der Waals surface area (Å²) in [5, 5.41) is 4.08. The summed E-state index contributed by atoms with van der Waals surface area (Å²) in [5.74, 6) is 1.29. The second-order valence-corrected chi connectivity index (χ2v) is 6.18. The van der Waals surface area contributed by atoms with Gasteiger partial charge in [-0.2, -0.15) is 5.10 Å². The van der Waals surface area contributed by atoms with Gasteiger partial charge in [0.2, 0.25) is 0 Å². The first kappa shape index (κ1) is 13.9. The summed E-state index contributed by atoms with van der Waals surface area (Å²) in [7, 11) is 0. The van der Waals surface area contributed by atoms with E-state index in [2.05, 4.69) is 52.9 Å². The second kappa shape index (κ2) is 6.08. The number of benzene rings is 1. The molecule has 7 heteroatoms. The van der Waals surface area contributed by atoms with Crippen molar-refractivity contribution in [3.8, 4) is 5.75 Å². The van der Waals surface area contributed by atoms with Crippen molar-refractivity contribution in [1.82, 2.24) is 9.78 Å². The van der Waals surface area contributed by atoms with Gasteiger partial charge < -0.3 is 10.5 Å². The summed E-state index contributed by atoms with van der Waals surface area (Å²) in [6, 6.07) is 5.63. The largest absolute Gasteiger partial charge is 0.489 e. The molecule has 0 aliphatic carbocycles. The fourth-order valence-electron chi connectivity index (χ4n) is 1.41. The molecule has 18 heavy (non-hydrogen) atoms. The SMILES string of the molecule is Nc1ccn(CCOc2c(Br)cc(Br)cc2Br)n1. The molecule has 1 aromatic heterocycles. The molecular formula is C11H10Br3N3O. The van der Waals surface area contributed by atoms with Crippen LogP contribution in [0.4, 0.5) is 5.82 Å². The number of hydrogen-bond donors (Lipinski definition) is 1. The van der Waals surface area contributed by atoms with Crippen molar-refractivity contribution in [1.29, 1.82) is 0 Å². The van der Waals surface area contributed by atoms with Crippen LogP contribution in [0.25, 0.3) is 0 Å². The number of halogens is 3. The molecule has 0 saturated carbocycles. The summed E-state index contributed by atoms with van der Waals surface area (Å²) >= 11 is 10.3. The third kappa shape index (κ3) is 3.49. The molecule has 0 aliphatic heterocycles. The summed E-state index contributed by atoms with van der Waals surface area (Å²) in [4.78, 5) is 0. The van der Waals surface area contributed by atoms with Crippen LogP contribution in [0.15, 0.2) is 37.8 Å². The van der Waals surface area contributed by atoms with Crippen LogP contribution >= 0.6 is 47.8 Å². The molecule has 0 spiro atoms. The van der Waals surface area contributed by atoms with Gasteiger partial charge in [0.25, 0.3) is 0 Å². The van der Waals surface area contributed by atoms with E-state index in [1.165, 1.54) is 0 Å². The van der Waals surface area contributed by atoms with E-state index in [1.54, 1.807) is 10.7 Å². The second-order valence-electron chi connectivity index (χ2n) is 3.55. The number of hydrogen-bond acceptors (Lipinski definition) is 3. The van der Waals surface area contributed by atoms with Gasteiger partial charge in [0.15, 0.2) is 0 Å². The average Bonchev–Trinajstić information content (AvgIpc) is 2.68. The van der Waals surface area contributed by atoms with E-state index in [1.807, 2.05) is 18.3 Å². The van der Waals surface area contributed by atoms with Crippen LogP contribution in [-0.4, -0.2) is 16.4 Å². The molecule has 1 aromatic carbocycles. The van der Waals surface area contributed by atoms with Crippen LogP contribution in [0, 0.1) is 0 Å². The highest BCUT2D eigenvalue weighted by atomic mass is 79.9. The Morgan fingerprint density at radius 1 is 1.22 bits per heavy atom. The van der Waals surface area contributed by atoms with E-state index in [-0.39, 0.29) is 0 Å². The Morgan fingerprint density at radius 3 is 2.44 bits per heavy atom. The van der Waals surface area contributed by atoms with Crippen LogP contribution in [0.2, 0.25) is 0 Å². The van der Waals surface area contributed by atoms with E-state index in [0.29, 0.717) is 19.0 Å². The molecule has 0 bridgehead atoms. The molecule has 1 heterocycles. The maximum absolute atomic E-state index is 5.72. The minimum Gasteiger partial charge on any atom is -0.489 e. The van der Waals surface area contributed by atoms with E-state index >= 15 is 0 Å². The van der Waals surface area contributed by atoms with E-state index < -0.39 is 0 Å². The molecule has 0 saturated heterocycles. The molecule has 96 valence electrons. The molecule has 0 fully saturated rings. The Balaban J connectivity index is 1.98. The Bertz CT molecular complexity index is 533. The fourth-order valence-corrected chi connectivity index (χ4v) is 3.90. The Hall–Kier alpha value is -0.530. The van der Waals surface area contributed by atoms with Crippen LogP contribution in [0.5, 0.6) is 5.75 Å². The molecule has 2 N–H and O–H groups in total. The quantitative estimate of drug-likeness (QED) is 0.787. The molecule has 0 amide bonds. The number of nitrogens with two attached hydrogens (primary N) is 1. The first-order chi connectivity index (χ1) is 8.56. The Morgan fingerprint density at radius 2 is 1.89 bits per heavy atom. The predicted octanol–water partition coefficient (Wildman–Crippen LogP) is 3.83. The van der Waals surface area contributed by atoms with Gasteiger partial charge in [-0.15, -0.1) is 0 Å². The number of anilines is 1. The zero-order valence-corrected chi connectivity index (χ0v) is 14.0. The number of aromatic nitrogens is 2. The van der Waals surface area contributed by atoms with E-state index in [0.717, 1.165) is 19.2 Å². The van der Waals surface area contributed by atoms with E-state index in [9.17, 15) is 0 Å². The minimum atomic E-state index is 0.514. The number of nitrogens with zero attached hydrogens (tertiary/aromatic N) is 2. The zero-order valence-electron chi connectivity index (χ0n) is 9.24. The van der Waals surface area contributed by atoms with Gasteiger partial charge in [0, 0.05) is 10.7 Å². The van der Waals surface area contributed by atoms with Gasteiger partial charge in [-0.1, -0.05) is 15.9 Å². The van der Waals surface area contributed by atoms with Crippen LogP contribution in [0.1, 0.15) is 0 Å². The summed E-state index contributed by atoms with van der Waals surface area (Å²) < 4.78 is 10.2. The van der Waals surface area contributed by atoms with Gasteiger partial charge in [-0.3, -0.25) is 4.68 Å². The highest BCUT2D eigenvalue weighted by Crippen LogP contribution is 2.36. The normalized spacial score (nSPS) is 10.6. The molecule has 0 radical (unpaired) electrons. The molecule has 4 nitrogen and oxygen atoms in total. The number of rotatable bonds is 4. The number of nitrogen functional groups attached to an aromatic ring is 1. The van der Waals surface area contributed by atoms with Crippen LogP contribution in [-0.2, 0) is 6.54 Å². The molecular weight excluding hydrogens is 430 g/mol. The third-order valence-corrected chi connectivity index (χ3v) is 3.83. The predicted molar refractivity (Wildman–Crippen MR) is 81.7 cm³/mol. The maximum Gasteiger partial charge on any atom is 0.147 e. The smallest absolute Gasteiger partial charge is 0.147 e. The van der Waals surface area contributed by atoms with Crippen molar-refractivity contribution in [3.05, 3.63) is 37.8 Å². The van der Waals surface area contributed by atoms with Gasteiger partial charge in [-0.05, 0) is 50.1 Å². The lowest BCUT2D eigenvalue weighted by atomic mass is 10.3. The first-order valence-corrected chi connectivity index (χ1v) is 7.50. The fraction of sp³-hybridized carbons (Fsp3) is 0.182. The van der Waals surface area contributed by atoms with Crippen molar-refractivity contribution < 1.29 is 4.74 Å². The Labute approximate surface area is 130 Å². The molecule has 0 aliphatic rings. The lowest BCUT2D eigenvalue weighted by molar-refractivity contribution is 0.288. The monoisotopic (exact) mass is 437 g/mol. The summed E-state index contributed by atoms with van der Waals surface area (Å²) in [6.45, 7) is 1.16. The van der Waals surface area contributed by atoms with Crippen molar-refractivity contribution in [3.63, 3.8) is 0 Å². The maximum atomic E-state index is 5.72. The molecule has 0 unspecified atom stereocenters. The molecule has 2 aromatic rings. The lowest BCUT2D eigenvalue weighted by Gasteiger charge is -2.10. The van der Waals surface area contributed by atoms with Crippen molar-refractivity contribution in [2.45, 2.75) is 6.54 Å². The summed E-state index contributed by atoms with van der Waals surface area (Å²) in [5.41, 5.74) is 5.53. The highest BCUT2D eigenvalue weighted by molar-refractivity contribution is 9.11. The van der Waals surface area contributed by atoms with Gasteiger partial charge in [-0.25, -0.2) is 0 Å². The Kier molecular flexibility index (Phi) is 4.69. The minimum absolute atomic E-state index is 0.514. The molecule has 0 atom stereocenters. The van der Waals surface area contributed by atoms with Crippen LogP contribution in [0.3, 0.4) is 0 Å². The first-order valence-electron chi connectivity index (χ1n) is 5.12. The molecule has 2 rings (SSSR count). The van der Waals surface area contributed by atoms with Gasteiger partial charge in [0.05, 0.1) is 15.5 Å². The van der Waals surface area contributed by atoms with Gasteiger partial charge in [0.1, 0.15) is 18.2 Å².